The van der Waals surface area contributed by atoms with Gasteiger partial charge in [0, 0.05) is 5.69 Å². The van der Waals surface area contributed by atoms with Crippen LogP contribution in [0.1, 0.15) is 21.1 Å². The fourth-order valence-electron chi connectivity index (χ4n) is 2.10. The second-order valence-electron chi connectivity index (χ2n) is 4.91. The van der Waals surface area contributed by atoms with Gasteiger partial charge < -0.3 is 10.1 Å². The maximum absolute atomic E-state index is 12.1. The van der Waals surface area contributed by atoms with Crippen LogP contribution >= 0.6 is 11.3 Å². The molecule has 1 aromatic carbocycles. The van der Waals surface area contributed by atoms with Gasteiger partial charge in [-0.2, -0.15) is 0 Å². The summed E-state index contributed by atoms with van der Waals surface area (Å²) in [6, 6.07) is 13.2. The van der Waals surface area contributed by atoms with Gasteiger partial charge >= 0.3 is 5.97 Å². The summed E-state index contributed by atoms with van der Waals surface area (Å²) in [5.41, 5.74) is 2.12. The lowest BCUT2D eigenvalue weighted by atomic mass is 10.3. The standard InChI is InChI=1S/C17H15N3O2S/c1-11-15(22-16(21)14-9-6-10-23-14)12(2)19-17(18-11)20-13-7-4-3-5-8-13/h3-10H,1-2H3,(H,18,19,20). The Morgan fingerprint density at radius 2 is 1.74 bits per heavy atom. The van der Waals surface area contributed by atoms with Gasteiger partial charge in [0.05, 0.1) is 11.4 Å². The van der Waals surface area contributed by atoms with Gasteiger partial charge in [-0.15, -0.1) is 11.3 Å². The smallest absolute Gasteiger partial charge is 0.353 e. The highest BCUT2D eigenvalue weighted by atomic mass is 32.1. The van der Waals surface area contributed by atoms with Gasteiger partial charge in [0.2, 0.25) is 5.95 Å². The number of para-hydroxylation sites is 1. The molecule has 0 aliphatic heterocycles. The predicted octanol–water partition coefficient (Wildman–Crippen LogP) is 4.12. The molecular weight excluding hydrogens is 310 g/mol. The first-order chi connectivity index (χ1) is 11.1. The molecule has 0 aliphatic carbocycles. The summed E-state index contributed by atoms with van der Waals surface area (Å²) in [4.78, 5) is 21.4. The number of thiophene rings is 1. The number of hydrogen-bond acceptors (Lipinski definition) is 6. The molecule has 0 unspecified atom stereocenters. The van der Waals surface area contributed by atoms with Gasteiger partial charge in [-0.05, 0) is 37.4 Å². The zero-order chi connectivity index (χ0) is 16.2. The minimum atomic E-state index is -0.390. The van der Waals surface area contributed by atoms with Crippen molar-refractivity contribution in [3.05, 3.63) is 64.1 Å². The van der Waals surface area contributed by atoms with Gasteiger partial charge in [0.15, 0.2) is 5.75 Å². The van der Waals surface area contributed by atoms with Crippen molar-refractivity contribution >= 4 is 28.9 Å². The Bertz CT molecular complexity index is 794. The number of ether oxygens (including phenoxy) is 1. The third-order valence-electron chi connectivity index (χ3n) is 3.15. The zero-order valence-corrected chi connectivity index (χ0v) is 13.6. The molecule has 0 fully saturated rings. The van der Waals surface area contributed by atoms with Crippen molar-refractivity contribution in [2.24, 2.45) is 0 Å². The quantitative estimate of drug-likeness (QED) is 0.731. The number of hydrogen-bond donors (Lipinski definition) is 1. The molecule has 3 rings (SSSR count). The van der Waals surface area contributed by atoms with Crippen molar-refractivity contribution in [3.63, 3.8) is 0 Å². The summed E-state index contributed by atoms with van der Waals surface area (Å²) in [7, 11) is 0. The molecule has 0 radical (unpaired) electrons. The van der Waals surface area contributed by atoms with E-state index in [2.05, 4.69) is 15.3 Å². The number of aromatic nitrogens is 2. The molecule has 0 spiro atoms. The molecule has 0 atom stereocenters. The molecule has 5 nitrogen and oxygen atoms in total. The monoisotopic (exact) mass is 325 g/mol. The molecule has 0 saturated carbocycles. The number of nitrogens with zero attached hydrogens (tertiary/aromatic N) is 2. The normalized spacial score (nSPS) is 10.3. The SMILES string of the molecule is Cc1nc(Nc2ccccc2)nc(C)c1OC(=O)c1cccs1. The summed E-state index contributed by atoms with van der Waals surface area (Å²) in [6.07, 6.45) is 0. The van der Waals surface area contributed by atoms with Crippen LogP contribution in [0, 0.1) is 13.8 Å². The van der Waals surface area contributed by atoms with E-state index in [9.17, 15) is 4.79 Å². The fourth-order valence-corrected chi connectivity index (χ4v) is 2.70. The summed E-state index contributed by atoms with van der Waals surface area (Å²) >= 11 is 1.34. The molecular formula is C17H15N3O2S. The van der Waals surface area contributed by atoms with Crippen LogP contribution in [-0.2, 0) is 0 Å². The minimum Gasteiger partial charge on any atom is -0.418 e. The highest BCUT2D eigenvalue weighted by Gasteiger charge is 2.16. The average molecular weight is 325 g/mol. The Hall–Kier alpha value is -2.73. The molecule has 2 heterocycles. The van der Waals surface area contributed by atoms with E-state index >= 15 is 0 Å². The van der Waals surface area contributed by atoms with E-state index < -0.39 is 5.97 Å². The van der Waals surface area contributed by atoms with E-state index in [0.29, 0.717) is 28.0 Å². The van der Waals surface area contributed by atoms with Crippen LogP contribution < -0.4 is 10.1 Å². The van der Waals surface area contributed by atoms with Crippen molar-refractivity contribution in [1.29, 1.82) is 0 Å². The first-order valence-corrected chi connectivity index (χ1v) is 7.94. The van der Waals surface area contributed by atoms with Crippen LogP contribution in [0.2, 0.25) is 0 Å². The van der Waals surface area contributed by atoms with Crippen LogP contribution in [0.15, 0.2) is 47.8 Å². The molecule has 116 valence electrons. The van der Waals surface area contributed by atoms with Crippen molar-refractivity contribution in [2.75, 3.05) is 5.32 Å². The number of carbonyl (C=O) groups excluding carboxylic acids is 1. The minimum absolute atomic E-state index is 0.390. The second kappa shape index (κ2) is 6.58. The largest absolute Gasteiger partial charge is 0.418 e. The van der Waals surface area contributed by atoms with Crippen molar-refractivity contribution in [2.45, 2.75) is 13.8 Å². The number of carbonyl (C=O) groups is 1. The van der Waals surface area contributed by atoms with Crippen molar-refractivity contribution < 1.29 is 9.53 Å². The molecule has 1 N–H and O–H groups in total. The Labute approximate surface area is 138 Å². The average Bonchev–Trinajstić information content (AvgIpc) is 3.06. The molecule has 6 heteroatoms. The fraction of sp³-hybridized carbons (Fsp3) is 0.118. The lowest BCUT2D eigenvalue weighted by Gasteiger charge is -2.11. The molecule has 0 amide bonds. The van der Waals surface area contributed by atoms with Crippen molar-refractivity contribution in [3.8, 4) is 5.75 Å². The highest BCUT2D eigenvalue weighted by molar-refractivity contribution is 7.12. The van der Waals surface area contributed by atoms with E-state index in [1.165, 1.54) is 11.3 Å². The summed E-state index contributed by atoms with van der Waals surface area (Å²) < 4.78 is 5.44. The van der Waals surface area contributed by atoms with E-state index in [4.69, 9.17) is 4.74 Å². The topological polar surface area (TPSA) is 64.1 Å². The Kier molecular flexibility index (Phi) is 4.34. The molecule has 23 heavy (non-hydrogen) atoms. The second-order valence-corrected chi connectivity index (χ2v) is 5.85. The van der Waals surface area contributed by atoms with E-state index in [1.54, 1.807) is 19.9 Å². The molecule has 2 aromatic heterocycles. The number of rotatable bonds is 4. The van der Waals surface area contributed by atoms with Crippen LogP contribution in [0.5, 0.6) is 5.75 Å². The van der Waals surface area contributed by atoms with Gasteiger partial charge in [-0.3, -0.25) is 0 Å². The number of benzene rings is 1. The molecule has 3 aromatic rings. The summed E-state index contributed by atoms with van der Waals surface area (Å²) in [5.74, 6) is 0.489. The lowest BCUT2D eigenvalue weighted by Crippen LogP contribution is -2.11. The number of aryl methyl sites for hydroxylation is 2. The number of esters is 1. The van der Waals surface area contributed by atoms with E-state index in [0.717, 1.165) is 5.69 Å². The summed E-state index contributed by atoms with van der Waals surface area (Å²) in [6.45, 7) is 3.59. The van der Waals surface area contributed by atoms with Crippen LogP contribution in [-0.4, -0.2) is 15.9 Å². The third kappa shape index (κ3) is 3.54. The zero-order valence-electron chi connectivity index (χ0n) is 12.7. The van der Waals surface area contributed by atoms with Gasteiger partial charge in [-0.25, -0.2) is 14.8 Å². The highest BCUT2D eigenvalue weighted by Crippen LogP contribution is 2.24. The van der Waals surface area contributed by atoms with Gasteiger partial charge in [-0.1, -0.05) is 24.3 Å². The first-order valence-electron chi connectivity index (χ1n) is 7.06. The predicted molar refractivity (Wildman–Crippen MR) is 90.5 cm³/mol. The lowest BCUT2D eigenvalue weighted by molar-refractivity contribution is 0.0736. The van der Waals surface area contributed by atoms with Gasteiger partial charge in [0.25, 0.3) is 0 Å². The Morgan fingerprint density at radius 1 is 1.04 bits per heavy atom. The number of nitrogens with one attached hydrogen (secondary N) is 1. The van der Waals surface area contributed by atoms with Crippen molar-refractivity contribution in [1.82, 2.24) is 9.97 Å². The van der Waals surface area contributed by atoms with E-state index in [-0.39, 0.29) is 0 Å². The van der Waals surface area contributed by atoms with Crippen LogP contribution in [0.4, 0.5) is 11.6 Å². The Morgan fingerprint density at radius 3 is 2.35 bits per heavy atom. The van der Waals surface area contributed by atoms with Crippen LogP contribution in [0.25, 0.3) is 0 Å². The molecule has 0 bridgehead atoms. The maximum atomic E-state index is 12.1. The molecule has 0 aliphatic rings. The van der Waals surface area contributed by atoms with Crippen LogP contribution in [0.3, 0.4) is 0 Å². The van der Waals surface area contributed by atoms with Gasteiger partial charge in [0.1, 0.15) is 4.88 Å². The third-order valence-corrected chi connectivity index (χ3v) is 4.00. The molecule has 0 saturated heterocycles. The maximum Gasteiger partial charge on any atom is 0.353 e. The van der Waals surface area contributed by atoms with E-state index in [1.807, 2.05) is 41.8 Å². The Balaban J connectivity index is 1.82. The first kappa shape index (κ1) is 15.2. The summed E-state index contributed by atoms with van der Waals surface area (Å²) in [5, 5.41) is 4.97. The number of anilines is 2.